The Morgan fingerprint density at radius 2 is 1.05 bits per heavy atom. The molecule has 0 fully saturated rings. The van der Waals surface area contributed by atoms with E-state index in [1.165, 1.54) is 0 Å². The van der Waals surface area contributed by atoms with Gasteiger partial charge in [-0.05, 0) is 0 Å². The van der Waals surface area contributed by atoms with E-state index in [4.69, 9.17) is 10.2 Å². The Kier molecular flexibility index (Phi) is 8.14. The van der Waals surface area contributed by atoms with Crippen LogP contribution in [-0.4, -0.2) is 25.0 Å². The SMILES string of the molecule is O=[N+]([O-])c1c(O)c([N+](=O)[O-])c(F)c([N+](=O)[O-])c1O.[H-].[H-].[Na+].[Na+]. The van der Waals surface area contributed by atoms with Crippen LogP contribution in [0.3, 0.4) is 0 Å². The molecule has 0 aliphatic rings. The van der Waals surface area contributed by atoms with Crippen molar-refractivity contribution in [1.29, 1.82) is 0 Å². The smallest absolute Gasteiger partial charge is 1.00 e. The van der Waals surface area contributed by atoms with Crippen LogP contribution in [0.5, 0.6) is 11.5 Å². The van der Waals surface area contributed by atoms with E-state index in [1.54, 1.807) is 0 Å². The maximum Gasteiger partial charge on any atom is 1.00 e. The van der Waals surface area contributed by atoms with E-state index in [1.807, 2.05) is 0 Å². The minimum absolute atomic E-state index is 0. The number of nitrogens with zero attached hydrogens (tertiary/aromatic N) is 3. The van der Waals surface area contributed by atoms with E-state index in [0.29, 0.717) is 0 Å². The van der Waals surface area contributed by atoms with Gasteiger partial charge < -0.3 is 13.1 Å². The van der Waals surface area contributed by atoms with Crippen LogP contribution in [0.4, 0.5) is 21.5 Å². The first-order valence-electron chi connectivity index (χ1n) is 3.90. The van der Waals surface area contributed by atoms with Crippen LogP contribution in [0.2, 0.25) is 0 Å². The number of hydrogen-bond donors (Lipinski definition) is 2. The summed E-state index contributed by atoms with van der Waals surface area (Å²) < 4.78 is 13.3. The molecule has 0 saturated heterocycles. The monoisotopic (exact) mass is 311 g/mol. The molecule has 20 heavy (non-hydrogen) atoms. The Labute approximate surface area is 155 Å². The summed E-state index contributed by atoms with van der Waals surface area (Å²) in [6.45, 7) is 0. The largest absolute Gasteiger partial charge is 1.00 e. The summed E-state index contributed by atoms with van der Waals surface area (Å²) >= 11 is 0. The van der Waals surface area contributed by atoms with Gasteiger partial charge in [-0.25, -0.2) is 0 Å². The summed E-state index contributed by atoms with van der Waals surface area (Å²) in [6, 6.07) is 0. The molecule has 0 saturated carbocycles. The van der Waals surface area contributed by atoms with Crippen LogP contribution in [0.1, 0.15) is 2.85 Å². The number of phenols is 2. The molecular formula is C6H4FN3Na2O8. The van der Waals surface area contributed by atoms with Crippen molar-refractivity contribution in [3.05, 3.63) is 36.2 Å². The van der Waals surface area contributed by atoms with Crippen molar-refractivity contribution < 1.29 is 91.3 Å². The van der Waals surface area contributed by atoms with E-state index in [0.717, 1.165) is 0 Å². The molecule has 14 heteroatoms. The van der Waals surface area contributed by atoms with E-state index in [9.17, 15) is 34.7 Å². The Hall–Kier alpha value is -1.05. The summed E-state index contributed by atoms with van der Waals surface area (Å²) in [4.78, 5) is 26.5. The number of rotatable bonds is 3. The van der Waals surface area contributed by atoms with Gasteiger partial charge in [0.05, 0.1) is 14.8 Å². The van der Waals surface area contributed by atoms with Crippen LogP contribution in [0.25, 0.3) is 0 Å². The summed E-state index contributed by atoms with van der Waals surface area (Å²) in [6.07, 6.45) is 0. The van der Waals surface area contributed by atoms with Gasteiger partial charge >= 0.3 is 76.2 Å². The molecule has 1 rings (SSSR count). The third-order valence-corrected chi connectivity index (χ3v) is 1.86. The van der Waals surface area contributed by atoms with E-state index >= 15 is 0 Å². The van der Waals surface area contributed by atoms with Gasteiger partial charge in [-0.2, -0.15) is 4.39 Å². The van der Waals surface area contributed by atoms with Gasteiger partial charge in [-0.1, -0.05) is 0 Å². The molecule has 0 aromatic heterocycles. The fourth-order valence-electron chi connectivity index (χ4n) is 1.16. The summed E-state index contributed by atoms with van der Waals surface area (Å²) in [5.41, 5.74) is -5.42. The van der Waals surface area contributed by atoms with E-state index in [-0.39, 0.29) is 62.0 Å². The number of halogens is 1. The van der Waals surface area contributed by atoms with E-state index < -0.39 is 49.1 Å². The average Bonchev–Trinajstić information content (AvgIpc) is 2.14. The molecule has 0 aliphatic heterocycles. The van der Waals surface area contributed by atoms with Crippen LogP contribution in [0.15, 0.2) is 0 Å². The molecule has 100 valence electrons. The quantitative estimate of drug-likeness (QED) is 0.318. The molecule has 2 N–H and O–H groups in total. The minimum atomic E-state index is -2.18. The summed E-state index contributed by atoms with van der Waals surface area (Å²) in [5, 5.41) is 49.4. The zero-order valence-corrected chi connectivity index (χ0v) is 14.1. The van der Waals surface area contributed by atoms with Crippen molar-refractivity contribution in [3.8, 4) is 11.5 Å². The number of nitro groups is 3. The third-order valence-electron chi connectivity index (χ3n) is 1.86. The topological polar surface area (TPSA) is 170 Å². The van der Waals surface area contributed by atoms with Crippen molar-refractivity contribution >= 4 is 17.1 Å². The van der Waals surface area contributed by atoms with Gasteiger partial charge in [0.25, 0.3) is 17.3 Å². The zero-order valence-electron chi connectivity index (χ0n) is 12.1. The first-order chi connectivity index (χ1) is 8.20. The number of phenolic OH excluding ortho intramolecular Hbond substituents is 2. The predicted octanol–water partition coefficient (Wildman–Crippen LogP) is -4.81. The Bertz CT molecular complexity index is 502. The molecule has 0 aliphatic carbocycles. The Morgan fingerprint density at radius 1 is 0.800 bits per heavy atom. The number of nitro benzene ring substituents is 3. The Morgan fingerprint density at radius 3 is 1.25 bits per heavy atom. The van der Waals surface area contributed by atoms with E-state index in [2.05, 4.69) is 0 Å². The second-order valence-electron chi connectivity index (χ2n) is 2.83. The zero-order chi connectivity index (χ0) is 14.2. The standard InChI is InChI=1S/C6H2FN3O8.2Na.2H/c7-1-2(8(13)14)5(11)4(10(17)18)6(12)3(1)9(15)16;;;;/h11-12H;;;;/q;2*+1;2*-1. The maximum absolute atomic E-state index is 13.3. The van der Waals surface area contributed by atoms with Gasteiger partial charge in [0, 0.05) is 0 Å². The minimum Gasteiger partial charge on any atom is -1.00 e. The fourth-order valence-corrected chi connectivity index (χ4v) is 1.16. The molecule has 0 heterocycles. The molecule has 0 unspecified atom stereocenters. The summed E-state index contributed by atoms with van der Waals surface area (Å²) in [7, 11) is 0. The second-order valence-corrected chi connectivity index (χ2v) is 2.83. The van der Waals surface area contributed by atoms with Crippen LogP contribution in [0, 0.1) is 36.2 Å². The molecule has 1 aromatic rings. The molecule has 11 nitrogen and oxygen atoms in total. The number of hydrogen-bond acceptors (Lipinski definition) is 8. The van der Waals surface area contributed by atoms with Crippen molar-refractivity contribution in [2.24, 2.45) is 0 Å². The number of aromatic hydroxyl groups is 2. The number of benzene rings is 1. The van der Waals surface area contributed by atoms with Gasteiger partial charge in [-0.15, -0.1) is 0 Å². The maximum atomic E-state index is 13.3. The van der Waals surface area contributed by atoms with Gasteiger partial charge in [0.1, 0.15) is 0 Å². The molecule has 0 amide bonds. The predicted molar refractivity (Wildman–Crippen MR) is 51.9 cm³/mol. The Balaban J connectivity index is -0.000000405. The first-order valence-corrected chi connectivity index (χ1v) is 3.90. The van der Waals surface area contributed by atoms with Crippen molar-refractivity contribution in [2.45, 2.75) is 0 Å². The first kappa shape index (κ1) is 21.3. The third kappa shape index (κ3) is 3.53. The average molecular weight is 311 g/mol. The van der Waals surface area contributed by atoms with Gasteiger partial charge in [0.2, 0.25) is 0 Å². The molecule has 1 aromatic carbocycles. The van der Waals surface area contributed by atoms with Crippen LogP contribution < -0.4 is 59.1 Å². The molecule has 0 radical (unpaired) electrons. The molecule has 0 bridgehead atoms. The van der Waals surface area contributed by atoms with Crippen molar-refractivity contribution in [1.82, 2.24) is 0 Å². The van der Waals surface area contributed by atoms with Crippen molar-refractivity contribution in [3.63, 3.8) is 0 Å². The second kappa shape index (κ2) is 7.66. The molecule has 0 spiro atoms. The summed E-state index contributed by atoms with van der Waals surface area (Å²) in [5.74, 6) is -5.78. The van der Waals surface area contributed by atoms with Crippen LogP contribution in [-0.2, 0) is 0 Å². The van der Waals surface area contributed by atoms with Gasteiger partial charge in [0.15, 0.2) is 0 Å². The van der Waals surface area contributed by atoms with Crippen LogP contribution >= 0.6 is 0 Å². The van der Waals surface area contributed by atoms with Crippen molar-refractivity contribution in [2.75, 3.05) is 0 Å². The molecular weight excluding hydrogens is 307 g/mol. The molecule has 0 atom stereocenters. The van der Waals surface area contributed by atoms with Gasteiger partial charge in [-0.3, -0.25) is 30.3 Å². The fraction of sp³-hybridized carbons (Fsp3) is 0. The normalized spacial score (nSPS) is 9.05.